The van der Waals surface area contributed by atoms with Crippen LogP contribution in [-0.4, -0.2) is 48.6 Å². The molecule has 0 aromatic heterocycles. The van der Waals surface area contributed by atoms with E-state index in [9.17, 15) is 0 Å². The molecule has 0 amide bonds. The Hall–Kier alpha value is 0.270. The van der Waals surface area contributed by atoms with Crippen molar-refractivity contribution in [1.29, 1.82) is 0 Å². The minimum absolute atomic E-state index is 0.668. The van der Waals surface area contributed by atoms with Gasteiger partial charge in [0, 0.05) is 12.1 Å². The first-order valence-corrected chi connectivity index (χ1v) is 9.04. The second kappa shape index (κ2) is 9.22. The van der Waals surface area contributed by atoms with Gasteiger partial charge in [0.2, 0.25) is 0 Å². The number of piperidine rings is 1. The molecule has 0 spiro atoms. The summed E-state index contributed by atoms with van der Waals surface area (Å²) in [6, 6.07) is 1.35. The predicted octanol–water partition coefficient (Wildman–Crippen LogP) is 3.23. The van der Waals surface area contributed by atoms with Crippen LogP contribution in [0.3, 0.4) is 0 Å². The van der Waals surface area contributed by atoms with Crippen molar-refractivity contribution in [2.24, 2.45) is 5.92 Å². The molecule has 1 aliphatic rings. The SMILES string of the molecule is CCCN1CCC(C(C)NC(C)CCSC)CC1. The zero-order valence-corrected chi connectivity index (χ0v) is 13.6. The molecule has 2 nitrogen and oxygen atoms in total. The highest BCUT2D eigenvalue weighted by Crippen LogP contribution is 2.21. The van der Waals surface area contributed by atoms with Gasteiger partial charge in [0.1, 0.15) is 0 Å². The molecule has 18 heavy (non-hydrogen) atoms. The van der Waals surface area contributed by atoms with Crippen LogP contribution < -0.4 is 5.32 Å². The van der Waals surface area contributed by atoms with Gasteiger partial charge in [0.25, 0.3) is 0 Å². The maximum Gasteiger partial charge on any atom is 0.00704 e. The van der Waals surface area contributed by atoms with E-state index in [1.54, 1.807) is 0 Å². The quantitative estimate of drug-likeness (QED) is 0.730. The first-order chi connectivity index (χ1) is 8.67. The van der Waals surface area contributed by atoms with E-state index in [1.807, 2.05) is 11.8 Å². The summed E-state index contributed by atoms with van der Waals surface area (Å²) in [6.07, 6.45) is 7.54. The van der Waals surface area contributed by atoms with Crippen LogP contribution in [0.5, 0.6) is 0 Å². The van der Waals surface area contributed by atoms with Crippen molar-refractivity contribution < 1.29 is 0 Å². The predicted molar refractivity (Wildman–Crippen MR) is 84.5 cm³/mol. The van der Waals surface area contributed by atoms with E-state index in [0.29, 0.717) is 12.1 Å². The van der Waals surface area contributed by atoms with Crippen LogP contribution in [0, 0.1) is 5.92 Å². The van der Waals surface area contributed by atoms with Crippen LogP contribution in [0.1, 0.15) is 46.5 Å². The van der Waals surface area contributed by atoms with E-state index < -0.39 is 0 Å². The maximum absolute atomic E-state index is 3.80. The fourth-order valence-corrected chi connectivity index (χ4v) is 3.54. The number of nitrogens with one attached hydrogen (secondary N) is 1. The lowest BCUT2D eigenvalue weighted by Crippen LogP contribution is -2.44. The molecular weight excluding hydrogens is 240 g/mol. The van der Waals surface area contributed by atoms with Crippen molar-refractivity contribution in [3.63, 3.8) is 0 Å². The lowest BCUT2D eigenvalue weighted by molar-refractivity contribution is 0.159. The average Bonchev–Trinajstić information content (AvgIpc) is 2.37. The molecule has 0 aliphatic carbocycles. The average molecular weight is 273 g/mol. The second-order valence-electron chi connectivity index (χ2n) is 5.82. The number of nitrogens with zero attached hydrogens (tertiary/aromatic N) is 1. The molecule has 0 aromatic rings. The Bertz CT molecular complexity index is 203. The van der Waals surface area contributed by atoms with Crippen molar-refractivity contribution in [2.45, 2.75) is 58.5 Å². The topological polar surface area (TPSA) is 15.3 Å². The normalized spacial score (nSPS) is 22.0. The molecule has 108 valence electrons. The highest BCUT2D eigenvalue weighted by Gasteiger charge is 2.23. The maximum atomic E-state index is 3.80. The Morgan fingerprint density at radius 2 is 1.94 bits per heavy atom. The highest BCUT2D eigenvalue weighted by molar-refractivity contribution is 7.98. The molecule has 1 fully saturated rings. The molecule has 0 saturated carbocycles. The first kappa shape index (κ1) is 16.3. The van der Waals surface area contributed by atoms with Gasteiger partial charge in [-0.15, -0.1) is 0 Å². The Labute approximate surface area is 118 Å². The van der Waals surface area contributed by atoms with Crippen molar-refractivity contribution in [1.82, 2.24) is 10.2 Å². The molecular formula is C15H32N2S. The minimum atomic E-state index is 0.668. The van der Waals surface area contributed by atoms with Crippen LogP contribution in [0.15, 0.2) is 0 Å². The molecule has 1 N–H and O–H groups in total. The highest BCUT2D eigenvalue weighted by atomic mass is 32.2. The van der Waals surface area contributed by atoms with Crippen LogP contribution >= 0.6 is 11.8 Å². The smallest absolute Gasteiger partial charge is 0.00704 e. The molecule has 1 rings (SSSR count). The van der Waals surface area contributed by atoms with Gasteiger partial charge in [0.15, 0.2) is 0 Å². The molecule has 2 unspecified atom stereocenters. The summed E-state index contributed by atoms with van der Waals surface area (Å²) in [5.41, 5.74) is 0. The Morgan fingerprint density at radius 1 is 1.28 bits per heavy atom. The van der Waals surface area contributed by atoms with Gasteiger partial charge >= 0.3 is 0 Å². The molecule has 0 bridgehead atoms. The van der Waals surface area contributed by atoms with Gasteiger partial charge < -0.3 is 10.2 Å². The van der Waals surface area contributed by atoms with Crippen LogP contribution in [0.4, 0.5) is 0 Å². The summed E-state index contributed by atoms with van der Waals surface area (Å²) in [4.78, 5) is 2.63. The second-order valence-corrected chi connectivity index (χ2v) is 6.80. The Morgan fingerprint density at radius 3 is 2.50 bits per heavy atom. The molecule has 0 radical (unpaired) electrons. The molecule has 0 aromatic carbocycles. The number of thioether (sulfide) groups is 1. The van der Waals surface area contributed by atoms with Gasteiger partial charge in [-0.1, -0.05) is 6.92 Å². The van der Waals surface area contributed by atoms with Crippen molar-refractivity contribution in [3.05, 3.63) is 0 Å². The van der Waals surface area contributed by atoms with E-state index in [2.05, 4.69) is 37.2 Å². The number of rotatable bonds is 8. The Balaban J connectivity index is 2.20. The molecule has 1 saturated heterocycles. The minimum Gasteiger partial charge on any atom is -0.311 e. The van der Waals surface area contributed by atoms with Gasteiger partial charge in [-0.05, 0) is 77.1 Å². The van der Waals surface area contributed by atoms with Crippen molar-refractivity contribution in [3.8, 4) is 0 Å². The first-order valence-electron chi connectivity index (χ1n) is 7.64. The number of likely N-dealkylation sites (tertiary alicyclic amines) is 1. The van der Waals surface area contributed by atoms with Gasteiger partial charge in [-0.3, -0.25) is 0 Å². The molecule has 1 heterocycles. The van der Waals surface area contributed by atoms with Gasteiger partial charge in [0.05, 0.1) is 0 Å². The lowest BCUT2D eigenvalue weighted by atomic mass is 9.90. The van der Waals surface area contributed by atoms with Crippen LogP contribution in [0.2, 0.25) is 0 Å². The summed E-state index contributed by atoms with van der Waals surface area (Å²) in [5, 5.41) is 3.80. The number of hydrogen-bond acceptors (Lipinski definition) is 3. The van der Waals surface area contributed by atoms with Gasteiger partial charge in [-0.25, -0.2) is 0 Å². The Kier molecular flexibility index (Phi) is 8.36. The van der Waals surface area contributed by atoms with E-state index in [4.69, 9.17) is 0 Å². The van der Waals surface area contributed by atoms with Crippen LogP contribution in [-0.2, 0) is 0 Å². The van der Waals surface area contributed by atoms with Gasteiger partial charge in [-0.2, -0.15) is 11.8 Å². The third-order valence-electron chi connectivity index (χ3n) is 4.18. The third-order valence-corrected chi connectivity index (χ3v) is 4.83. The van der Waals surface area contributed by atoms with E-state index in [0.717, 1.165) is 5.92 Å². The summed E-state index contributed by atoms with van der Waals surface area (Å²) in [7, 11) is 0. The number of hydrogen-bond donors (Lipinski definition) is 1. The van der Waals surface area contributed by atoms with E-state index in [-0.39, 0.29) is 0 Å². The van der Waals surface area contributed by atoms with Crippen molar-refractivity contribution >= 4 is 11.8 Å². The van der Waals surface area contributed by atoms with E-state index in [1.165, 1.54) is 51.1 Å². The summed E-state index contributed by atoms with van der Waals surface area (Å²) >= 11 is 1.95. The summed E-state index contributed by atoms with van der Waals surface area (Å²) in [6.45, 7) is 10.9. The molecule has 1 aliphatic heterocycles. The zero-order chi connectivity index (χ0) is 13.4. The third kappa shape index (κ3) is 5.94. The fraction of sp³-hybridized carbons (Fsp3) is 1.00. The summed E-state index contributed by atoms with van der Waals surface area (Å²) < 4.78 is 0. The largest absolute Gasteiger partial charge is 0.311 e. The van der Waals surface area contributed by atoms with E-state index >= 15 is 0 Å². The van der Waals surface area contributed by atoms with Crippen LogP contribution in [0.25, 0.3) is 0 Å². The lowest BCUT2D eigenvalue weighted by Gasteiger charge is -2.36. The fourth-order valence-electron chi connectivity index (χ4n) is 2.96. The van der Waals surface area contributed by atoms with Crippen molar-refractivity contribution in [2.75, 3.05) is 31.6 Å². The monoisotopic (exact) mass is 272 g/mol. The molecule has 3 heteroatoms. The molecule has 2 atom stereocenters. The standard InChI is InChI=1S/C15H32N2S/c1-5-9-17-10-6-15(7-11-17)14(3)16-13(2)8-12-18-4/h13-16H,5-12H2,1-4H3. The summed E-state index contributed by atoms with van der Waals surface area (Å²) in [5.74, 6) is 2.16. The zero-order valence-electron chi connectivity index (χ0n) is 12.7.